The number of nitrogens with zero attached hydrogens (tertiary/aromatic N) is 1. The molecule has 0 unspecified atom stereocenters. The summed E-state index contributed by atoms with van der Waals surface area (Å²) < 4.78 is 50.2. The van der Waals surface area contributed by atoms with Crippen molar-refractivity contribution in [3.63, 3.8) is 0 Å². The zero-order valence-corrected chi connectivity index (χ0v) is 9.25. The highest BCUT2D eigenvalue weighted by molar-refractivity contribution is 5.94. The van der Waals surface area contributed by atoms with E-state index in [9.17, 15) is 22.4 Å². The summed E-state index contributed by atoms with van der Waals surface area (Å²) in [5.74, 6) is -2.90. The van der Waals surface area contributed by atoms with Gasteiger partial charge < -0.3 is 10.0 Å². The molecule has 3 nitrogen and oxygen atoms in total. The summed E-state index contributed by atoms with van der Waals surface area (Å²) in [6.07, 6.45) is -2.79. The molecule has 1 aromatic carbocycles. The van der Waals surface area contributed by atoms with Gasteiger partial charge in [-0.15, -0.1) is 0 Å². The predicted octanol–water partition coefficient (Wildman–Crippen LogP) is 1.66. The summed E-state index contributed by atoms with van der Waals surface area (Å²) in [6, 6.07) is 2.07. The molecule has 1 rings (SSSR count). The van der Waals surface area contributed by atoms with E-state index in [1.165, 1.54) is 0 Å². The summed E-state index contributed by atoms with van der Waals surface area (Å²) in [4.78, 5) is 12.4. The maximum Gasteiger partial charge on any atom is 0.255 e. The summed E-state index contributed by atoms with van der Waals surface area (Å²) in [5, 5.41) is 8.67. The third-order valence-corrected chi connectivity index (χ3v) is 2.13. The van der Waals surface area contributed by atoms with E-state index in [2.05, 4.69) is 0 Å². The van der Waals surface area contributed by atoms with E-state index in [0.717, 1.165) is 12.1 Å². The maximum atomic E-state index is 12.9. The van der Waals surface area contributed by atoms with Gasteiger partial charge in [-0.1, -0.05) is 0 Å². The van der Waals surface area contributed by atoms with Crippen LogP contribution in [0.5, 0.6) is 0 Å². The highest BCUT2D eigenvalue weighted by atomic mass is 19.3. The molecule has 1 aromatic rings. The number of carbonyl (C=O) groups excluding carboxylic acids is 1. The molecule has 7 heteroatoms. The summed E-state index contributed by atoms with van der Waals surface area (Å²) >= 11 is 0. The quantitative estimate of drug-likeness (QED) is 0.823. The van der Waals surface area contributed by atoms with Crippen molar-refractivity contribution in [1.82, 2.24) is 4.90 Å². The van der Waals surface area contributed by atoms with Gasteiger partial charge in [0.05, 0.1) is 13.2 Å². The van der Waals surface area contributed by atoms with Gasteiger partial charge in [0.25, 0.3) is 12.3 Å². The molecule has 0 heterocycles. The Hall–Kier alpha value is -1.63. The molecule has 0 radical (unpaired) electrons. The van der Waals surface area contributed by atoms with Gasteiger partial charge in [-0.05, 0) is 12.1 Å². The van der Waals surface area contributed by atoms with E-state index < -0.39 is 37.1 Å². The van der Waals surface area contributed by atoms with Gasteiger partial charge in [-0.25, -0.2) is 17.6 Å². The van der Waals surface area contributed by atoms with Crippen molar-refractivity contribution in [2.45, 2.75) is 6.43 Å². The number of carbonyl (C=O) groups is 1. The molecule has 0 saturated carbocycles. The highest BCUT2D eigenvalue weighted by Crippen LogP contribution is 2.11. The van der Waals surface area contributed by atoms with Crippen LogP contribution >= 0.6 is 0 Å². The molecule has 0 atom stereocenters. The molecular formula is C11H11F4NO2. The van der Waals surface area contributed by atoms with Crippen LogP contribution in [0.25, 0.3) is 0 Å². The van der Waals surface area contributed by atoms with Crippen LogP contribution in [-0.4, -0.2) is 42.0 Å². The Balaban J connectivity index is 2.93. The number of benzene rings is 1. The van der Waals surface area contributed by atoms with Crippen molar-refractivity contribution in [3.8, 4) is 0 Å². The first-order valence-electron chi connectivity index (χ1n) is 5.08. The van der Waals surface area contributed by atoms with Crippen LogP contribution in [0.15, 0.2) is 18.2 Å². The lowest BCUT2D eigenvalue weighted by atomic mass is 10.2. The number of amides is 1. The highest BCUT2D eigenvalue weighted by Gasteiger charge is 2.20. The van der Waals surface area contributed by atoms with Crippen LogP contribution in [0.3, 0.4) is 0 Å². The Morgan fingerprint density at radius 1 is 1.22 bits per heavy atom. The van der Waals surface area contributed by atoms with Crippen molar-refractivity contribution in [3.05, 3.63) is 35.4 Å². The molecule has 100 valence electrons. The molecule has 0 bridgehead atoms. The average Bonchev–Trinajstić information content (AvgIpc) is 2.25. The lowest BCUT2D eigenvalue weighted by Gasteiger charge is -2.21. The van der Waals surface area contributed by atoms with Crippen molar-refractivity contribution in [1.29, 1.82) is 0 Å². The number of hydrogen-bond donors (Lipinski definition) is 1. The van der Waals surface area contributed by atoms with Gasteiger partial charge in [0.15, 0.2) is 0 Å². The third-order valence-electron chi connectivity index (χ3n) is 2.13. The van der Waals surface area contributed by atoms with Crippen LogP contribution in [0.2, 0.25) is 0 Å². The van der Waals surface area contributed by atoms with Gasteiger partial charge >= 0.3 is 0 Å². The molecule has 0 aliphatic carbocycles. The molecule has 0 saturated heterocycles. The van der Waals surface area contributed by atoms with Crippen molar-refractivity contribution >= 4 is 5.91 Å². The molecule has 0 aliphatic heterocycles. The van der Waals surface area contributed by atoms with Gasteiger partial charge in [-0.2, -0.15) is 0 Å². The minimum absolute atomic E-state index is 0.332. The number of aliphatic hydroxyl groups is 1. The fourth-order valence-corrected chi connectivity index (χ4v) is 1.42. The Labute approximate surface area is 101 Å². The molecular weight excluding hydrogens is 254 g/mol. The standard InChI is InChI=1S/C11H11F4NO2/c12-8-3-7(4-9(13)5-8)11(18)16(1-2-17)6-10(14)15/h3-5,10,17H,1-2,6H2. The van der Waals surface area contributed by atoms with E-state index in [1.807, 2.05) is 0 Å². The first-order valence-corrected chi connectivity index (χ1v) is 5.08. The molecule has 1 N–H and O–H groups in total. The monoisotopic (exact) mass is 265 g/mol. The second-order valence-corrected chi connectivity index (χ2v) is 3.52. The molecule has 0 aliphatic rings. The normalized spacial score (nSPS) is 10.8. The zero-order chi connectivity index (χ0) is 13.7. The second-order valence-electron chi connectivity index (χ2n) is 3.52. The third kappa shape index (κ3) is 3.99. The van der Waals surface area contributed by atoms with Crippen molar-refractivity contribution < 1.29 is 27.5 Å². The minimum Gasteiger partial charge on any atom is -0.395 e. The first kappa shape index (κ1) is 14.4. The van der Waals surface area contributed by atoms with Crippen LogP contribution in [0, 0.1) is 11.6 Å². The van der Waals surface area contributed by atoms with Crippen LogP contribution in [-0.2, 0) is 0 Å². The predicted molar refractivity (Wildman–Crippen MR) is 55.4 cm³/mol. The Morgan fingerprint density at radius 3 is 2.22 bits per heavy atom. The van der Waals surface area contributed by atoms with Gasteiger partial charge in [0.1, 0.15) is 11.6 Å². The van der Waals surface area contributed by atoms with Crippen molar-refractivity contribution in [2.24, 2.45) is 0 Å². The number of alkyl halides is 2. The number of aliphatic hydroxyl groups excluding tert-OH is 1. The van der Waals surface area contributed by atoms with E-state index in [-0.39, 0.29) is 12.1 Å². The molecule has 18 heavy (non-hydrogen) atoms. The van der Waals surface area contributed by atoms with Gasteiger partial charge in [0.2, 0.25) is 0 Å². The topological polar surface area (TPSA) is 40.5 Å². The Kier molecular flexibility index (Phi) is 5.08. The molecule has 0 aromatic heterocycles. The maximum absolute atomic E-state index is 12.9. The summed E-state index contributed by atoms with van der Waals surface area (Å²) in [5.41, 5.74) is -0.374. The SMILES string of the molecule is O=C(c1cc(F)cc(F)c1)N(CCO)CC(F)F. The zero-order valence-electron chi connectivity index (χ0n) is 9.25. The molecule has 0 fully saturated rings. The lowest BCUT2D eigenvalue weighted by Crippen LogP contribution is -2.37. The molecule has 0 spiro atoms. The van der Waals surface area contributed by atoms with E-state index in [1.54, 1.807) is 0 Å². The first-order chi connectivity index (χ1) is 8.43. The number of halogens is 4. The number of hydrogen-bond acceptors (Lipinski definition) is 2. The Morgan fingerprint density at radius 2 is 1.78 bits per heavy atom. The number of rotatable bonds is 5. The largest absolute Gasteiger partial charge is 0.395 e. The fraction of sp³-hybridized carbons (Fsp3) is 0.364. The Bertz CT molecular complexity index is 405. The van der Waals surface area contributed by atoms with E-state index in [4.69, 9.17) is 5.11 Å². The van der Waals surface area contributed by atoms with Gasteiger partial charge in [0, 0.05) is 18.2 Å². The van der Waals surface area contributed by atoms with Crippen molar-refractivity contribution in [2.75, 3.05) is 19.7 Å². The fourth-order valence-electron chi connectivity index (χ4n) is 1.42. The van der Waals surface area contributed by atoms with Crippen LogP contribution in [0.4, 0.5) is 17.6 Å². The second kappa shape index (κ2) is 6.34. The molecule has 1 amide bonds. The summed E-state index contributed by atoms with van der Waals surface area (Å²) in [7, 11) is 0. The lowest BCUT2D eigenvalue weighted by molar-refractivity contribution is 0.0508. The van der Waals surface area contributed by atoms with E-state index >= 15 is 0 Å². The average molecular weight is 265 g/mol. The van der Waals surface area contributed by atoms with E-state index in [0.29, 0.717) is 11.0 Å². The smallest absolute Gasteiger partial charge is 0.255 e. The summed E-state index contributed by atoms with van der Waals surface area (Å²) in [6.45, 7) is -1.75. The van der Waals surface area contributed by atoms with Gasteiger partial charge in [-0.3, -0.25) is 4.79 Å². The van der Waals surface area contributed by atoms with Crippen LogP contribution < -0.4 is 0 Å². The minimum atomic E-state index is -2.79. The van der Waals surface area contributed by atoms with Crippen LogP contribution in [0.1, 0.15) is 10.4 Å².